The number of ketones is 1. The molecule has 3 heteroatoms. The molecular weight excluding hydrogens is 255 g/mol. The van der Waals surface area contributed by atoms with Crippen LogP contribution in [-0.4, -0.2) is 12.9 Å². The second kappa shape index (κ2) is 5.08. The minimum absolute atomic E-state index is 0.0221. The number of benzene rings is 2. The minimum atomic E-state index is -0.316. The Morgan fingerprint density at radius 2 is 1.75 bits per heavy atom. The fourth-order valence-corrected chi connectivity index (χ4v) is 2.53. The summed E-state index contributed by atoms with van der Waals surface area (Å²) < 4.78 is 18.0. The fraction of sp³-hybridized carbons (Fsp3) is 0.235. The van der Waals surface area contributed by atoms with Crippen molar-refractivity contribution in [3.8, 4) is 5.75 Å². The zero-order valence-corrected chi connectivity index (χ0v) is 11.2. The van der Waals surface area contributed by atoms with E-state index in [9.17, 15) is 9.18 Å². The van der Waals surface area contributed by atoms with Crippen LogP contribution in [0, 0.1) is 11.7 Å². The average molecular weight is 270 g/mol. The number of hydrogen-bond acceptors (Lipinski definition) is 2. The molecule has 2 aromatic rings. The quantitative estimate of drug-likeness (QED) is 0.789. The van der Waals surface area contributed by atoms with Crippen LogP contribution in [0.1, 0.15) is 28.3 Å². The van der Waals surface area contributed by atoms with Gasteiger partial charge in [0.2, 0.25) is 0 Å². The highest BCUT2D eigenvalue weighted by Crippen LogP contribution is 2.49. The topological polar surface area (TPSA) is 26.3 Å². The zero-order chi connectivity index (χ0) is 14.1. The van der Waals surface area contributed by atoms with Gasteiger partial charge in [0.1, 0.15) is 11.6 Å². The van der Waals surface area contributed by atoms with Crippen molar-refractivity contribution in [1.82, 2.24) is 0 Å². The van der Waals surface area contributed by atoms with Crippen LogP contribution in [0.5, 0.6) is 5.75 Å². The van der Waals surface area contributed by atoms with Crippen molar-refractivity contribution in [2.24, 2.45) is 5.92 Å². The molecule has 0 aromatic heterocycles. The Morgan fingerprint density at radius 1 is 1.10 bits per heavy atom. The molecular formula is C17H15FO2. The summed E-state index contributed by atoms with van der Waals surface area (Å²) in [5.41, 5.74) is 1.75. The summed E-state index contributed by atoms with van der Waals surface area (Å²) in [6.45, 7) is 0. The van der Waals surface area contributed by atoms with Gasteiger partial charge < -0.3 is 4.74 Å². The standard InChI is InChI=1S/C17H15FO2/c1-20-14-8-4-11(5-9-14)15-10-16(15)17(19)12-2-6-13(18)7-3-12/h2-9,15-16H,10H2,1H3. The van der Waals surface area contributed by atoms with E-state index in [1.54, 1.807) is 19.2 Å². The van der Waals surface area contributed by atoms with Crippen molar-refractivity contribution in [3.63, 3.8) is 0 Å². The zero-order valence-electron chi connectivity index (χ0n) is 11.2. The monoisotopic (exact) mass is 270 g/mol. The molecule has 1 aliphatic carbocycles. The summed E-state index contributed by atoms with van der Waals surface area (Å²) >= 11 is 0. The third kappa shape index (κ3) is 2.44. The summed E-state index contributed by atoms with van der Waals surface area (Å²) in [6, 6.07) is 13.6. The third-order valence-corrected chi connectivity index (χ3v) is 3.80. The maximum absolute atomic E-state index is 12.9. The fourth-order valence-electron chi connectivity index (χ4n) is 2.53. The van der Waals surface area contributed by atoms with Crippen LogP contribution < -0.4 is 4.74 Å². The van der Waals surface area contributed by atoms with Gasteiger partial charge in [0.05, 0.1) is 7.11 Å². The van der Waals surface area contributed by atoms with Crippen LogP contribution in [0.4, 0.5) is 4.39 Å². The molecule has 1 fully saturated rings. The molecule has 2 atom stereocenters. The number of rotatable bonds is 4. The number of Topliss-reactive ketones (excluding diaryl/α,β-unsaturated/α-hetero) is 1. The molecule has 0 N–H and O–H groups in total. The highest BCUT2D eigenvalue weighted by Gasteiger charge is 2.43. The average Bonchev–Trinajstić information content (AvgIpc) is 3.28. The van der Waals surface area contributed by atoms with Gasteiger partial charge in [-0.1, -0.05) is 12.1 Å². The molecule has 0 radical (unpaired) electrons. The number of carbonyl (C=O) groups is 1. The molecule has 3 rings (SSSR count). The van der Waals surface area contributed by atoms with Crippen LogP contribution in [0.3, 0.4) is 0 Å². The largest absolute Gasteiger partial charge is 0.497 e. The maximum atomic E-state index is 12.9. The molecule has 1 saturated carbocycles. The van der Waals surface area contributed by atoms with E-state index in [0.717, 1.165) is 17.7 Å². The normalized spacial score (nSPS) is 20.5. The van der Waals surface area contributed by atoms with E-state index < -0.39 is 0 Å². The van der Waals surface area contributed by atoms with Crippen LogP contribution in [-0.2, 0) is 0 Å². The lowest BCUT2D eigenvalue weighted by atomic mass is 10.0. The maximum Gasteiger partial charge on any atom is 0.166 e. The third-order valence-electron chi connectivity index (χ3n) is 3.80. The molecule has 0 amide bonds. The van der Waals surface area contributed by atoms with Gasteiger partial charge >= 0.3 is 0 Å². The lowest BCUT2D eigenvalue weighted by molar-refractivity contribution is 0.0965. The Hall–Kier alpha value is -2.16. The highest BCUT2D eigenvalue weighted by atomic mass is 19.1. The van der Waals surface area contributed by atoms with E-state index in [1.807, 2.05) is 24.3 Å². The molecule has 0 saturated heterocycles. The predicted octanol–water partition coefficient (Wildman–Crippen LogP) is 3.82. The highest BCUT2D eigenvalue weighted by molar-refractivity contribution is 6.00. The van der Waals surface area contributed by atoms with Crippen molar-refractivity contribution in [3.05, 3.63) is 65.5 Å². The SMILES string of the molecule is COc1ccc(C2CC2C(=O)c2ccc(F)cc2)cc1. The first-order valence-corrected chi connectivity index (χ1v) is 6.63. The van der Waals surface area contributed by atoms with Gasteiger partial charge in [0.25, 0.3) is 0 Å². The van der Waals surface area contributed by atoms with E-state index in [1.165, 1.54) is 12.1 Å². The smallest absolute Gasteiger partial charge is 0.166 e. The first-order chi connectivity index (χ1) is 9.69. The molecule has 0 heterocycles. The molecule has 0 aliphatic heterocycles. The van der Waals surface area contributed by atoms with E-state index in [-0.39, 0.29) is 23.4 Å². The van der Waals surface area contributed by atoms with Crippen LogP contribution >= 0.6 is 0 Å². The molecule has 2 unspecified atom stereocenters. The van der Waals surface area contributed by atoms with Crippen LogP contribution in [0.25, 0.3) is 0 Å². The molecule has 1 aliphatic rings. The first kappa shape index (κ1) is 12.9. The summed E-state index contributed by atoms with van der Waals surface area (Å²) in [5, 5.41) is 0. The van der Waals surface area contributed by atoms with E-state index in [0.29, 0.717) is 5.56 Å². The van der Waals surface area contributed by atoms with Crippen LogP contribution in [0.2, 0.25) is 0 Å². The molecule has 2 aromatic carbocycles. The Morgan fingerprint density at radius 3 is 2.35 bits per heavy atom. The number of methoxy groups -OCH3 is 1. The second-order valence-electron chi connectivity index (χ2n) is 5.09. The van der Waals surface area contributed by atoms with Crippen molar-refractivity contribution in [1.29, 1.82) is 0 Å². The number of halogens is 1. The lowest BCUT2D eigenvalue weighted by Gasteiger charge is -2.03. The van der Waals surface area contributed by atoms with Crippen molar-refractivity contribution >= 4 is 5.78 Å². The summed E-state index contributed by atoms with van der Waals surface area (Å²) in [4.78, 5) is 12.3. The van der Waals surface area contributed by atoms with Gasteiger partial charge in [-0.05, 0) is 54.3 Å². The Balaban J connectivity index is 1.71. The predicted molar refractivity (Wildman–Crippen MR) is 74.6 cm³/mol. The van der Waals surface area contributed by atoms with Gasteiger partial charge in [-0.2, -0.15) is 0 Å². The Labute approximate surface area is 117 Å². The van der Waals surface area contributed by atoms with Gasteiger partial charge in [-0.25, -0.2) is 4.39 Å². The Kier molecular flexibility index (Phi) is 3.26. The van der Waals surface area contributed by atoms with E-state index >= 15 is 0 Å². The van der Waals surface area contributed by atoms with Gasteiger partial charge in [-0.3, -0.25) is 4.79 Å². The van der Waals surface area contributed by atoms with Gasteiger partial charge in [-0.15, -0.1) is 0 Å². The second-order valence-corrected chi connectivity index (χ2v) is 5.09. The molecule has 20 heavy (non-hydrogen) atoms. The first-order valence-electron chi connectivity index (χ1n) is 6.63. The van der Waals surface area contributed by atoms with Gasteiger partial charge in [0, 0.05) is 11.5 Å². The molecule has 102 valence electrons. The lowest BCUT2D eigenvalue weighted by Crippen LogP contribution is -2.03. The van der Waals surface area contributed by atoms with Crippen molar-refractivity contribution in [2.75, 3.05) is 7.11 Å². The number of carbonyl (C=O) groups excluding carboxylic acids is 1. The van der Waals surface area contributed by atoms with E-state index in [2.05, 4.69) is 0 Å². The molecule has 0 spiro atoms. The summed E-state index contributed by atoms with van der Waals surface area (Å²) in [6.07, 6.45) is 0.864. The van der Waals surface area contributed by atoms with Crippen LogP contribution in [0.15, 0.2) is 48.5 Å². The summed E-state index contributed by atoms with van der Waals surface area (Å²) in [7, 11) is 1.63. The Bertz CT molecular complexity index is 616. The van der Waals surface area contributed by atoms with Gasteiger partial charge in [0.15, 0.2) is 5.78 Å². The minimum Gasteiger partial charge on any atom is -0.497 e. The van der Waals surface area contributed by atoms with E-state index in [4.69, 9.17) is 4.74 Å². The number of ether oxygens (including phenoxy) is 1. The summed E-state index contributed by atoms with van der Waals surface area (Å²) in [5.74, 6) is 0.901. The van der Waals surface area contributed by atoms with Crippen molar-refractivity contribution < 1.29 is 13.9 Å². The molecule has 0 bridgehead atoms. The number of hydrogen-bond donors (Lipinski definition) is 0. The molecule has 2 nitrogen and oxygen atoms in total. The van der Waals surface area contributed by atoms with Crippen molar-refractivity contribution in [2.45, 2.75) is 12.3 Å².